The van der Waals surface area contributed by atoms with Crippen LogP contribution in [0.25, 0.3) is 10.9 Å². The van der Waals surface area contributed by atoms with Gasteiger partial charge in [0.15, 0.2) is 0 Å². The van der Waals surface area contributed by atoms with Crippen LogP contribution in [0.3, 0.4) is 0 Å². The minimum absolute atomic E-state index is 0.138. The van der Waals surface area contributed by atoms with Crippen molar-refractivity contribution < 1.29 is 4.39 Å². The van der Waals surface area contributed by atoms with Crippen LogP contribution < -0.4 is 4.90 Å². The first kappa shape index (κ1) is 19.6. The average Bonchev–Trinajstić information content (AvgIpc) is 3.09. The fourth-order valence-corrected chi connectivity index (χ4v) is 5.58. The molecule has 0 saturated carbocycles. The normalized spacial score (nSPS) is 19.9. The summed E-state index contributed by atoms with van der Waals surface area (Å²) in [6, 6.07) is 14.5. The number of benzene rings is 2. The predicted molar refractivity (Wildman–Crippen MR) is 123 cm³/mol. The molecule has 1 aromatic heterocycles. The number of rotatable bonds is 5. The monoisotopic (exact) mass is 405 g/mol. The first-order valence-corrected chi connectivity index (χ1v) is 11.5. The Kier molecular flexibility index (Phi) is 5.51. The molecular formula is C26H32FN3. The van der Waals surface area contributed by atoms with Crippen molar-refractivity contribution in [2.45, 2.75) is 44.6 Å². The van der Waals surface area contributed by atoms with E-state index in [-0.39, 0.29) is 5.82 Å². The highest BCUT2D eigenvalue weighted by Crippen LogP contribution is 2.36. The minimum atomic E-state index is -0.138. The number of halogens is 1. The summed E-state index contributed by atoms with van der Waals surface area (Å²) in [6.07, 6.45) is 9.55. The molecule has 158 valence electrons. The maximum Gasteiger partial charge on any atom is 0.123 e. The second kappa shape index (κ2) is 8.43. The number of aryl methyl sites for hydroxylation is 2. The Morgan fingerprint density at radius 1 is 1.00 bits per heavy atom. The van der Waals surface area contributed by atoms with Gasteiger partial charge in [0, 0.05) is 55.5 Å². The van der Waals surface area contributed by atoms with Crippen LogP contribution >= 0.6 is 0 Å². The molecule has 0 amide bonds. The molecule has 0 spiro atoms. The Morgan fingerprint density at radius 3 is 2.83 bits per heavy atom. The number of anilines is 1. The van der Waals surface area contributed by atoms with Crippen molar-refractivity contribution in [1.82, 2.24) is 9.47 Å². The highest BCUT2D eigenvalue weighted by Gasteiger charge is 2.27. The molecule has 0 aliphatic carbocycles. The number of nitrogens with zero attached hydrogens (tertiary/aromatic N) is 3. The van der Waals surface area contributed by atoms with Gasteiger partial charge in [0.2, 0.25) is 0 Å². The number of para-hydroxylation sites is 1. The first-order chi connectivity index (χ1) is 14.7. The van der Waals surface area contributed by atoms with Crippen LogP contribution in [0.2, 0.25) is 0 Å². The molecule has 2 aliphatic heterocycles. The van der Waals surface area contributed by atoms with E-state index in [1.165, 1.54) is 61.9 Å². The summed E-state index contributed by atoms with van der Waals surface area (Å²) < 4.78 is 16.1. The predicted octanol–water partition coefficient (Wildman–Crippen LogP) is 5.69. The van der Waals surface area contributed by atoms with Crippen molar-refractivity contribution in [1.29, 1.82) is 0 Å². The molecule has 0 radical (unpaired) electrons. The highest BCUT2D eigenvalue weighted by molar-refractivity contribution is 5.84. The van der Waals surface area contributed by atoms with Gasteiger partial charge >= 0.3 is 0 Å². The van der Waals surface area contributed by atoms with Gasteiger partial charge < -0.3 is 9.47 Å². The maximum absolute atomic E-state index is 14.0. The molecule has 2 aliphatic rings. The lowest BCUT2D eigenvalue weighted by molar-refractivity contribution is 0.148. The SMILES string of the molecule is Cn1cc(C2CCCCN2CCCN2CCCc3ccccc32)c2cc(F)ccc21. The summed E-state index contributed by atoms with van der Waals surface area (Å²) in [4.78, 5) is 5.23. The number of piperidine rings is 1. The second-order valence-electron chi connectivity index (χ2n) is 8.98. The summed E-state index contributed by atoms with van der Waals surface area (Å²) in [7, 11) is 2.07. The number of fused-ring (bicyclic) bond motifs is 2. The van der Waals surface area contributed by atoms with Crippen LogP contribution in [0.5, 0.6) is 0 Å². The van der Waals surface area contributed by atoms with E-state index in [9.17, 15) is 4.39 Å². The Bertz CT molecular complexity index is 1020. The van der Waals surface area contributed by atoms with Crippen LogP contribution in [0.1, 0.15) is 49.3 Å². The van der Waals surface area contributed by atoms with E-state index in [1.54, 1.807) is 12.1 Å². The molecule has 5 rings (SSSR count). The van der Waals surface area contributed by atoms with Crippen molar-refractivity contribution in [2.24, 2.45) is 7.05 Å². The smallest absolute Gasteiger partial charge is 0.123 e. The topological polar surface area (TPSA) is 11.4 Å². The molecule has 4 heteroatoms. The lowest BCUT2D eigenvalue weighted by atomic mass is 9.94. The van der Waals surface area contributed by atoms with Gasteiger partial charge in [0.05, 0.1) is 0 Å². The third kappa shape index (κ3) is 3.74. The van der Waals surface area contributed by atoms with Crippen molar-refractivity contribution >= 4 is 16.6 Å². The van der Waals surface area contributed by atoms with E-state index in [4.69, 9.17) is 0 Å². The molecule has 1 unspecified atom stereocenters. The zero-order chi connectivity index (χ0) is 20.5. The maximum atomic E-state index is 14.0. The van der Waals surface area contributed by atoms with Crippen molar-refractivity contribution in [3.05, 3.63) is 65.6 Å². The van der Waals surface area contributed by atoms with E-state index in [2.05, 4.69) is 51.9 Å². The Hall–Kier alpha value is -2.33. The number of hydrogen-bond acceptors (Lipinski definition) is 2. The van der Waals surface area contributed by atoms with E-state index < -0.39 is 0 Å². The minimum Gasteiger partial charge on any atom is -0.371 e. The first-order valence-electron chi connectivity index (χ1n) is 11.5. The van der Waals surface area contributed by atoms with Gasteiger partial charge in [-0.2, -0.15) is 0 Å². The van der Waals surface area contributed by atoms with Crippen LogP contribution in [0, 0.1) is 5.82 Å². The summed E-state index contributed by atoms with van der Waals surface area (Å²) in [5.74, 6) is -0.138. The summed E-state index contributed by atoms with van der Waals surface area (Å²) in [5.41, 5.74) is 5.36. The van der Waals surface area contributed by atoms with Crippen molar-refractivity contribution in [3.63, 3.8) is 0 Å². The number of aromatic nitrogens is 1. The molecule has 3 nitrogen and oxygen atoms in total. The van der Waals surface area contributed by atoms with Gasteiger partial charge in [-0.25, -0.2) is 4.39 Å². The van der Waals surface area contributed by atoms with Gasteiger partial charge in [0.1, 0.15) is 5.82 Å². The van der Waals surface area contributed by atoms with Gasteiger partial charge in [0.25, 0.3) is 0 Å². The highest BCUT2D eigenvalue weighted by atomic mass is 19.1. The fraction of sp³-hybridized carbons (Fsp3) is 0.462. The fourth-order valence-electron chi connectivity index (χ4n) is 5.58. The van der Waals surface area contributed by atoms with Crippen molar-refractivity contribution in [3.8, 4) is 0 Å². The quantitative estimate of drug-likeness (QED) is 0.540. The van der Waals surface area contributed by atoms with Gasteiger partial charge in [-0.05, 0) is 74.0 Å². The molecule has 30 heavy (non-hydrogen) atoms. The molecule has 2 aromatic carbocycles. The Labute approximate surface area is 179 Å². The van der Waals surface area contributed by atoms with E-state index in [1.807, 2.05) is 6.07 Å². The zero-order valence-electron chi connectivity index (χ0n) is 18.0. The molecule has 3 aromatic rings. The van der Waals surface area contributed by atoms with Gasteiger partial charge in [-0.1, -0.05) is 24.6 Å². The average molecular weight is 406 g/mol. The molecule has 0 N–H and O–H groups in total. The third-order valence-corrected chi connectivity index (χ3v) is 7.03. The van der Waals surface area contributed by atoms with E-state index >= 15 is 0 Å². The van der Waals surface area contributed by atoms with Crippen LogP contribution in [0.4, 0.5) is 10.1 Å². The van der Waals surface area contributed by atoms with Crippen LogP contribution in [-0.4, -0.2) is 35.6 Å². The molecular weight excluding hydrogens is 373 g/mol. The summed E-state index contributed by atoms with van der Waals surface area (Å²) >= 11 is 0. The number of hydrogen-bond donors (Lipinski definition) is 0. The Morgan fingerprint density at radius 2 is 1.90 bits per heavy atom. The van der Waals surface area contributed by atoms with E-state index in [0.29, 0.717) is 6.04 Å². The van der Waals surface area contributed by atoms with Crippen LogP contribution in [-0.2, 0) is 13.5 Å². The second-order valence-corrected chi connectivity index (χ2v) is 8.98. The zero-order valence-corrected chi connectivity index (χ0v) is 18.0. The number of likely N-dealkylation sites (tertiary alicyclic amines) is 1. The lowest BCUT2D eigenvalue weighted by Gasteiger charge is -2.37. The standard InChI is InChI=1S/C26H32FN3/c1-28-19-23(22-18-21(27)12-13-25(22)28)26-11-4-5-14-30(26)17-7-16-29-15-6-9-20-8-2-3-10-24(20)29/h2-3,8,10,12-13,18-19,26H,4-7,9,11,14-17H2,1H3. The summed E-state index contributed by atoms with van der Waals surface area (Å²) in [6.45, 7) is 4.54. The van der Waals surface area contributed by atoms with Gasteiger partial charge in [-0.15, -0.1) is 0 Å². The molecule has 1 fully saturated rings. The Balaban J connectivity index is 1.31. The molecule has 0 bridgehead atoms. The molecule has 3 heterocycles. The summed E-state index contributed by atoms with van der Waals surface area (Å²) in [5, 5.41) is 1.08. The van der Waals surface area contributed by atoms with E-state index in [0.717, 1.165) is 30.5 Å². The third-order valence-electron chi connectivity index (χ3n) is 7.03. The van der Waals surface area contributed by atoms with Crippen LogP contribution in [0.15, 0.2) is 48.7 Å². The van der Waals surface area contributed by atoms with Gasteiger partial charge in [-0.3, -0.25) is 4.90 Å². The molecule has 1 saturated heterocycles. The molecule has 1 atom stereocenters. The largest absolute Gasteiger partial charge is 0.371 e. The van der Waals surface area contributed by atoms with Crippen molar-refractivity contribution in [2.75, 3.05) is 31.1 Å². The lowest BCUT2D eigenvalue weighted by Crippen LogP contribution is -2.37.